The van der Waals surface area contributed by atoms with Crippen LogP contribution < -0.4 is 10.3 Å². The van der Waals surface area contributed by atoms with Crippen molar-refractivity contribution in [1.82, 2.24) is 14.5 Å². The van der Waals surface area contributed by atoms with Crippen LogP contribution in [0.4, 0.5) is 4.39 Å². The number of nitrogens with one attached hydrogen (secondary N) is 1. The van der Waals surface area contributed by atoms with Gasteiger partial charge < -0.3 is 23.4 Å². The Kier molecular flexibility index (Phi) is 7.43. The maximum atomic E-state index is 14.1. The predicted octanol–water partition coefficient (Wildman–Crippen LogP) is 8.19. The van der Waals surface area contributed by atoms with Crippen molar-refractivity contribution in [1.29, 1.82) is 0 Å². The van der Waals surface area contributed by atoms with Crippen LogP contribution in [0.1, 0.15) is 74.9 Å². The normalized spacial score (nSPS) is 14.0. The maximum absolute atomic E-state index is 14.1. The molecule has 1 aliphatic rings. The molecular weight excluding hydrogens is 561 g/mol. The zero-order valence-electron chi connectivity index (χ0n) is 25.8. The van der Waals surface area contributed by atoms with Crippen molar-refractivity contribution in [2.75, 3.05) is 0 Å². The Hall–Kier alpha value is -4.66. The number of rotatable bonds is 7. The molecule has 44 heavy (non-hydrogen) atoms. The largest absolute Gasteiger partial charge is 0.456 e. The fourth-order valence-corrected chi connectivity index (χ4v) is 6.23. The Morgan fingerprint density at radius 3 is 2.48 bits per heavy atom. The van der Waals surface area contributed by atoms with Crippen LogP contribution in [0, 0.1) is 19.7 Å². The van der Waals surface area contributed by atoms with Gasteiger partial charge in [0.2, 0.25) is 0 Å². The van der Waals surface area contributed by atoms with Gasteiger partial charge in [0.05, 0.1) is 11.6 Å². The molecule has 1 fully saturated rings. The lowest BCUT2D eigenvalue weighted by atomic mass is 9.93. The van der Waals surface area contributed by atoms with Gasteiger partial charge in [-0.3, -0.25) is 9.59 Å². The molecule has 3 aromatic heterocycles. The van der Waals surface area contributed by atoms with Gasteiger partial charge in [-0.15, -0.1) is 0 Å². The number of furan rings is 1. The molecule has 1 aliphatic carbocycles. The number of aromatic nitrogens is 3. The molecule has 0 saturated heterocycles. The number of carbonyl (C=O) groups is 1. The number of nitrogens with zero attached hydrogens (tertiary/aromatic N) is 2. The Morgan fingerprint density at radius 2 is 1.80 bits per heavy atom. The highest BCUT2D eigenvalue weighted by molar-refractivity contribution is 5.95. The van der Waals surface area contributed by atoms with E-state index in [-0.39, 0.29) is 11.4 Å². The molecule has 5 aromatic rings. The lowest BCUT2D eigenvalue weighted by Crippen LogP contribution is -2.24. The number of halogens is 1. The second kappa shape index (κ2) is 11.1. The molecule has 0 bridgehead atoms. The van der Waals surface area contributed by atoms with Crippen LogP contribution in [0.2, 0.25) is 0 Å². The van der Waals surface area contributed by atoms with Gasteiger partial charge in [0.1, 0.15) is 40.0 Å². The number of aryl methyl sites for hydroxylation is 3. The van der Waals surface area contributed by atoms with Crippen LogP contribution in [-0.4, -0.2) is 20.5 Å². The lowest BCUT2D eigenvalue weighted by Gasteiger charge is -2.26. The van der Waals surface area contributed by atoms with Gasteiger partial charge in [-0.1, -0.05) is 18.9 Å². The van der Waals surface area contributed by atoms with Crippen LogP contribution >= 0.6 is 0 Å². The quantitative estimate of drug-likeness (QED) is 0.190. The third-order valence-corrected chi connectivity index (χ3v) is 8.45. The lowest BCUT2D eigenvalue weighted by molar-refractivity contribution is -0.154. The number of benzene rings is 2. The minimum Gasteiger partial charge on any atom is -0.456 e. The SMILES string of the molecule is CC(=O)OC(C)(C)c1ccc(Oc2c(C)cc(F)cc2C)c(-c2cn(C)c(=O)c3cc(-c4cnc(C5CCCC5)[nH]4)oc23)c1. The summed E-state index contributed by atoms with van der Waals surface area (Å²) in [6.45, 7) is 8.57. The first-order valence-electron chi connectivity index (χ1n) is 14.9. The summed E-state index contributed by atoms with van der Waals surface area (Å²) in [7, 11) is 1.69. The first-order valence-corrected chi connectivity index (χ1v) is 14.9. The fourth-order valence-electron chi connectivity index (χ4n) is 6.23. The zero-order valence-corrected chi connectivity index (χ0v) is 25.8. The number of aromatic amines is 1. The summed E-state index contributed by atoms with van der Waals surface area (Å²) < 4.78 is 34.2. The van der Waals surface area contributed by atoms with Gasteiger partial charge in [0.25, 0.3) is 5.56 Å². The molecule has 9 heteroatoms. The number of H-pyrrole nitrogens is 1. The van der Waals surface area contributed by atoms with Crippen LogP contribution in [0.3, 0.4) is 0 Å². The standard InChI is InChI=1S/C35H36FN3O5/c1-19-13-24(36)14-20(2)31(19)42-29-12-11-23(35(4,5)44-21(3)40)15-25(29)27-18-39(6)34(41)26-16-30(43-32(26)27)28-17-37-33(38-28)22-9-7-8-10-22/h11-18,22H,7-10H2,1-6H3,(H,37,38). The number of imidazole rings is 1. The Labute approximate surface area is 254 Å². The van der Waals surface area contributed by atoms with E-state index >= 15 is 0 Å². The van der Waals surface area contributed by atoms with Gasteiger partial charge in [0.15, 0.2) is 5.76 Å². The summed E-state index contributed by atoms with van der Waals surface area (Å²) in [6, 6.07) is 10.1. The van der Waals surface area contributed by atoms with E-state index in [0.29, 0.717) is 67.7 Å². The van der Waals surface area contributed by atoms with Crippen molar-refractivity contribution in [3.63, 3.8) is 0 Å². The first-order chi connectivity index (χ1) is 20.9. The molecule has 6 rings (SSSR count). The molecule has 0 aliphatic heterocycles. The summed E-state index contributed by atoms with van der Waals surface area (Å²) >= 11 is 0. The average Bonchev–Trinajstić information content (AvgIpc) is 3.73. The minimum absolute atomic E-state index is 0.210. The van der Waals surface area contributed by atoms with Gasteiger partial charge >= 0.3 is 5.97 Å². The van der Waals surface area contributed by atoms with E-state index in [4.69, 9.17) is 13.9 Å². The van der Waals surface area contributed by atoms with Crippen molar-refractivity contribution >= 4 is 16.9 Å². The van der Waals surface area contributed by atoms with E-state index in [2.05, 4.69) is 9.97 Å². The number of ether oxygens (including phenoxy) is 2. The molecule has 8 nitrogen and oxygen atoms in total. The van der Waals surface area contributed by atoms with E-state index in [1.165, 1.54) is 36.5 Å². The first kappa shape index (κ1) is 29.4. The third kappa shape index (κ3) is 5.42. The number of carbonyl (C=O) groups excluding carboxylic acids is 1. The van der Waals surface area contributed by atoms with Crippen LogP contribution in [-0.2, 0) is 22.2 Å². The third-order valence-electron chi connectivity index (χ3n) is 8.45. The van der Waals surface area contributed by atoms with E-state index in [1.54, 1.807) is 45.4 Å². The second-order valence-corrected chi connectivity index (χ2v) is 12.3. The summed E-state index contributed by atoms with van der Waals surface area (Å²) in [5.41, 5.74) is 3.14. The molecule has 3 heterocycles. The van der Waals surface area contributed by atoms with Crippen LogP contribution in [0.15, 0.2) is 58.0 Å². The molecular formula is C35H36FN3O5. The highest BCUT2D eigenvalue weighted by Gasteiger charge is 2.28. The number of pyridine rings is 1. The van der Waals surface area contributed by atoms with E-state index in [1.807, 2.05) is 26.0 Å². The minimum atomic E-state index is -0.957. The molecule has 0 spiro atoms. The van der Waals surface area contributed by atoms with E-state index < -0.39 is 11.6 Å². The van der Waals surface area contributed by atoms with Gasteiger partial charge in [-0.25, -0.2) is 9.37 Å². The molecule has 1 saturated carbocycles. The molecule has 1 N–H and O–H groups in total. The summed E-state index contributed by atoms with van der Waals surface area (Å²) in [6.07, 6.45) is 8.07. The monoisotopic (exact) mass is 597 g/mol. The van der Waals surface area contributed by atoms with Crippen molar-refractivity contribution < 1.29 is 23.1 Å². The fraction of sp³-hybridized carbons (Fsp3) is 0.343. The van der Waals surface area contributed by atoms with Crippen molar-refractivity contribution in [3.05, 3.63) is 87.5 Å². The van der Waals surface area contributed by atoms with Crippen LogP contribution in [0.25, 0.3) is 33.6 Å². The summed E-state index contributed by atoms with van der Waals surface area (Å²) in [5, 5.41) is 0.404. The molecule has 0 unspecified atom stereocenters. The van der Waals surface area contributed by atoms with E-state index in [9.17, 15) is 14.0 Å². The van der Waals surface area contributed by atoms with Crippen LogP contribution in [0.5, 0.6) is 11.5 Å². The molecule has 2 aromatic carbocycles. The predicted molar refractivity (Wildman–Crippen MR) is 166 cm³/mol. The van der Waals surface area contributed by atoms with Gasteiger partial charge in [-0.05, 0) is 87.6 Å². The molecule has 0 radical (unpaired) electrons. The maximum Gasteiger partial charge on any atom is 0.303 e. The number of esters is 1. The zero-order chi connectivity index (χ0) is 31.3. The molecule has 0 amide bonds. The Morgan fingerprint density at radius 1 is 1.09 bits per heavy atom. The number of hydrogen-bond donors (Lipinski definition) is 1. The second-order valence-electron chi connectivity index (χ2n) is 12.3. The Bertz CT molecular complexity index is 1940. The average molecular weight is 598 g/mol. The smallest absolute Gasteiger partial charge is 0.303 e. The Balaban J connectivity index is 1.54. The number of hydrogen-bond acceptors (Lipinski definition) is 6. The molecule has 0 atom stereocenters. The van der Waals surface area contributed by atoms with Gasteiger partial charge in [0, 0.05) is 37.2 Å². The van der Waals surface area contributed by atoms with Crippen molar-refractivity contribution in [2.45, 2.75) is 71.8 Å². The topological polar surface area (TPSA) is 99.4 Å². The highest BCUT2D eigenvalue weighted by Crippen LogP contribution is 2.43. The summed E-state index contributed by atoms with van der Waals surface area (Å²) in [5.74, 6) is 2.08. The number of fused-ring (bicyclic) bond motifs is 1. The van der Waals surface area contributed by atoms with Crippen molar-refractivity contribution in [3.8, 4) is 34.1 Å². The van der Waals surface area contributed by atoms with Crippen molar-refractivity contribution in [2.24, 2.45) is 7.05 Å². The highest BCUT2D eigenvalue weighted by atomic mass is 19.1. The van der Waals surface area contributed by atoms with E-state index in [0.717, 1.165) is 18.7 Å². The summed E-state index contributed by atoms with van der Waals surface area (Å²) in [4.78, 5) is 33.3. The molecule has 228 valence electrons. The van der Waals surface area contributed by atoms with Gasteiger partial charge in [-0.2, -0.15) is 0 Å².